The molecule has 3 rings (SSSR count). The first-order valence-electron chi connectivity index (χ1n) is 6.90. The molecule has 0 spiro atoms. The maximum Gasteiger partial charge on any atom is 0.407 e. The van der Waals surface area contributed by atoms with E-state index in [2.05, 4.69) is 32.3 Å². The Morgan fingerprint density at radius 3 is 3.00 bits per heavy atom. The predicted octanol–water partition coefficient (Wildman–Crippen LogP) is 3.61. The minimum Gasteiger partial charge on any atom is -0.449 e. The van der Waals surface area contributed by atoms with Crippen LogP contribution in [0.2, 0.25) is 0 Å². The number of para-hydroxylation sites is 1. The predicted molar refractivity (Wildman–Crippen MR) is 81.8 cm³/mol. The van der Waals surface area contributed by atoms with Crippen LogP contribution in [0.5, 0.6) is 0 Å². The molecule has 0 unspecified atom stereocenters. The molecule has 1 fully saturated rings. The lowest BCUT2D eigenvalue weighted by atomic mass is 10.1. The SMILES string of the molecule is O=C(NCCc1c(Br)[nH]c2ccccc12)OCC1CC1. The van der Waals surface area contributed by atoms with Crippen molar-refractivity contribution in [3.05, 3.63) is 34.4 Å². The zero-order chi connectivity index (χ0) is 13.9. The maximum atomic E-state index is 11.5. The van der Waals surface area contributed by atoms with Crippen LogP contribution >= 0.6 is 15.9 Å². The van der Waals surface area contributed by atoms with Gasteiger partial charge in [-0.3, -0.25) is 0 Å². The van der Waals surface area contributed by atoms with Crippen molar-refractivity contribution in [3.63, 3.8) is 0 Å². The summed E-state index contributed by atoms with van der Waals surface area (Å²) in [5.74, 6) is 0.600. The number of nitrogens with one attached hydrogen (secondary N) is 2. The Morgan fingerprint density at radius 1 is 1.40 bits per heavy atom. The number of rotatable bonds is 5. The first kappa shape index (κ1) is 13.5. The van der Waals surface area contributed by atoms with E-state index >= 15 is 0 Å². The fourth-order valence-corrected chi connectivity index (χ4v) is 2.86. The zero-order valence-electron chi connectivity index (χ0n) is 11.1. The van der Waals surface area contributed by atoms with Crippen molar-refractivity contribution < 1.29 is 9.53 Å². The number of hydrogen-bond acceptors (Lipinski definition) is 2. The number of H-pyrrole nitrogens is 1. The van der Waals surface area contributed by atoms with E-state index in [0.717, 1.165) is 16.5 Å². The van der Waals surface area contributed by atoms with Gasteiger partial charge < -0.3 is 15.0 Å². The summed E-state index contributed by atoms with van der Waals surface area (Å²) in [6.45, 7) is 1.13. The average molecular weight is 337 g/mol. The Balaban J connectivity index is 1.53. The van der Waals surface area contributed by atoms with Gasteiger partial charge in [0.2, 0.25) is 0 Å². The summed E-state index contributed by atoms with van der Waals surface area (Å²) in [6.07, 6.45) is 2.83. The lowest BCUT2D eigenvalue weighted by Crippen LogP contribution is -2.27. The van der Waals surface area contributed by atoms with Gasteiger partial charge in [-0.15, -0.1) is 0 Å². The Morgan fingerprint density at radius 2 is 2.20 bits per heavy atom. The number of amides is 1. The molecule has 20 heavy (non-hydrogen) atoms. The number of alkyl carbamates (subject to hydrolysis) is 1. The molecule has 106 valence electrons. The fourth-order valence-electron chi connectivity index (χ4n) is 2.23. The molecule has 1 aromatic carbocycles. The summed E-state index contributed by atoms with van der Waals surface area (Å²) < 4.78 is 6.11. The van der Waals surface area contributed by atoms with Gasteiger partial charge in [-0.1, -0.05) is 18.2 Å². The van der Waals surface area contributed by atoms with Gasteiger partial charge in [-0.25, -0.2) is 4.79 Å². The molecule has 2 aromatic rings. The first-order chi connectivity index (χ1) is 9.74. The van der Waals surface area contributed by atoms with Gasteiger partial charge in [-0.05, 0) is 52.7 Å². The van der Waals surface area contributed by atoms with Crippen LogP contribution in [-0.4, -0.2) is 24.2 Å². The van der Waals surface area contributed by atoms with Crippen molar-refractivity contribution in [3.8, 4) is 0 Å². The standard InChI is InChI=1S/C15H17BrN2O2/c16-14-12(11-3-1-2-4-13(11)18-14)7-8-17-15(19)20-9-10-5-6-10/h1-4,10,18H,5-9H2,(H,17,19). The second kappa shape index (κ2) is 5.87. The van der Waals surface area contributed by atoms with E-state index < -0.39 is 0 Å². The minimum atomic E-state index is -0.312. The van der Waals surface area contributed by atoms with Crippen LogP contribution in [0.25, 0.3) is 10.9 Å². The van der Waals surface area contributed by atoms with E-state index in [1.54, 1.807) is 0 Å². The fraction of sp³-hybridized carbons (Fsp3) is 0.400. The molecule has 0 bridgehead atoms. The van der Waals surface area contributed by atoms with Crippen LogP contribution in [0.15, 0.2) is 28.9 Å². The molecular weight excluding hydrogens is 320 g/mol. The Labute approximate surface area is 126 Å². The number of carbonyl (C=O) groups is 1. The lowest BCUT2D eigenvalue weighted by molar-refractivity contribution is 0.141. The number of benzene rings is 1. The molecule has 0 atom stereocenters. The first-order valence-corrected chi connectivity index (χ1v) is 7.69. The number of aromatic nitrogens is 1. The molecule has 1 aliphatic carbocycles. The van der Waals surface area contributed by atoms with Crippen molar-refractivity contribution in [2.24, 2.45) is 5.92 Å². The van der Waals surface area contributed by atoms with Crippen molar-refractivity contribution in [1.29, 1.82) is 0 Å². The summed E-state index contributed by atoms with van der Waals surface area (Å²) in [4.78, 5) is 14.8. The van der Waals surface area contributed by atoms with E-state index in [9.17, 15) is 4.79 Å². The number of fused-ring (bicyclic) bond motifs is 1. The largest absolute Gasteiger partial charge is 0.449 e. The minimum absolute atomic E-state index is 0.312. The topological polar surface area (TPSA) is 54.1 Å². The highest BCUT2D eigenvalue weighted by atomic mass is 79.9. The number of hydrogen-bond donors (Lipinski definition) is 2. The molecule has 5 heteroatoms. The normalized spacial score (nSPS) is 14.4. The highest BCUT2D eigenvalue weighted by Crippen LogP contribution is 2.29. The van der Waals surface area contributed by atoms with Crippen LogP contribution in [0.1, 0.15) is 18.4 Å². The Bertz CT molecular complexity index is 619. The summed E-state index contributed by atoms with van der Waals surface area (Å²) >= 11 is 3.54. The van der Waals surface area contributed by atoms with Crippen molar-refractivity contribution in [2.75, 3.05) is 13.2 Å². The van der Waals surface area contributed by atoms with Crippen molar-refractivity contribution in [1.82, 2.24) is 10.3 Å². The summed E-state index contributed by atoms with van der Waals surface area (Å²) in [7, 11) is 0. The van der Waals surface area contributed by atoms with Crippen molar-refractivity contribution in [2.45, 2.75) is 19.3 Å². The van der Waals surface area contributed by atoms with Gasteiger partial charge in [0, 0.05) is 17.4 Å². The third-order valence-corrected chi connectivity index (χ3v) is 4.23. The van der Waals surface area contributed by atoms with Gasteiger partial charge in [-0.2, -0.15) is 0 Å². The van der Waals surface area contributed by atoms with Crippen LogP contribution in [0.4, 0.5) is 4.79 Å². The summed E-state index contributed by atoms with van der Waals surface area (Å²) in [5, 5.41) is 3.99. The molecule has 2 N–H and O–H groups in total. The maximum absolute atomic E-state index is 11.5. The van der Waals surface area contributed by atoms with Gasteiger partial charge in [0.25, 0.3) is 0 Å². The lowest BCUT2D eigenvalue weighted by Gasteiger charge is -2.06. The van der Waals surface area contributed by atoms with Gasteiger partial charge in [0.1, 0.15) is 0 Å². The van der Waals surface area contributed by atoms with Crippen LogP contribution in [0.3, 0.4) is 0 Å². The number of ether oxygens (including phenoxy) is 1. The van der Waals surface area contributed by atoms with E-state index in [-0.39, 0.29) is 6.09 Å². The monoisotopic (exact) mass is 336 g/mol. The Hall–Kier alpha value is -1.49. The summed E-state index contributed by atoms with van der Waals surface area (Å²) in [6, 6.07) is 8.14. The van der Waals surface area contributed by atoms with Gasteiger partial charge in [0.15, 0.2) is 0 Å². The Kier molecular flexibility index (Phi) is 3.96. The highest BCUT2D eigenvalue weighted by Gasteiger charge is 2.22. The summed E-state index contributed by atoms with van der Waals surface area (Å²) in [5.41, 5.74) is 2.29. The quantitative estimate of drug-likeness (QED) is 0.876. The third-order valence-electron chi connectivity index (χ3n) is 3.55. The molecule has 1 aromatic heterocycles. The molecule has 1 amide bonds. The van der Waals surface area contributed by atoms with E-state index in [1.807, 2.05) is 18.2 Å². The van der Waals surface area contributed by atoms with Crippen LogP contribution in [0, 0.1) is 5.92 Å². The molecule has 1 aliphatic rings. The number of aromatic amines is 1. The number of carbonyl (C=O) groups excluding carboxylic acids is 1. The molecular formula is C15H17BrN2O2. The average Bonchev–Trinajstić information content (AvgIpc) is 3.21. The van der Waals surface area contributed by atoms with Gasteiger partial charge in [0.05, 0.1) is 11.2 Å². The van der Waals surface area contributed by atoms with Gasteiger partial charge >= 0.3 is 6.09 Å². The third kappa shape index (κ3) is 3.15. The molecule has 4 nitrogen and oxygen atoms in total. The molecule has 1 saturated carbocycles. The highest BCUT2D eigenvalue weighted by molar-refractivity contribution is 9.10. The molecule has 0 radical (unpaired) electrons. The molecule has 0 saturated heterocycles. The van der Waals surface area contributed by atoms with E-state index in [4.69, 9.17) is 4.74 Å². The van der Waals surface area contributed by atoms with Crippen molar-refractivity contribution >= 4 is 32.9 Å². The zero-order valence-corrected chi connectivity index (χ0v) is 12.7. The van der Waals surface area contributed by atoms with Crippen LogP contribution in [-0.2, 0) is 11.2 Å². The second-order valence-corrected chi connectivity index (χ2v) is 5.97. The number of halogens is 1. The molecule has 0 aliphatic heterocycles. The molecule has 1 heterocycles. The van der Waals surface area contributed by atoms with Crippen LogP contribution < -0.4 is 5.32 Å². The van der Waals surface area contributed by atoms with E-state index in [1.165, 1.54) is 23.8 Å². The second-order valence-electron chi connectivity index (χ2n) is 5.18. The van der Waals surface area contributed by atoms with E-state index in [0.29, 0.717) is 19.1 Å². The smallest absolute Gasteiger partial charge is 0.407 e.